The molecule has 0 radical (unpaired) electrons. The van der Waals surface area contributed by atoms with E-state index in [2.05, 4.69) is 21.4 Å². The SMILES string of the molecule is N#Cc1cccc(OCCCCC(=O)Nc2ccccc2-c2nc3ccccc3[nH]2)c1. The predicted octanol–water partition coefficient (Wildman–Crippen LogP) is 5.29. The van der Waals surface area contributed by atoms with Gasteiger partial charge in [0, 0.05) is 12.0 Å². The average Bonchev–Trinajstić information content (AvgIpc) is 3.23. The molecule has 2 N–H and O–H groups in total. The fraction of sp³-hybridized carbons (Fsp3) is 0.160. The smallest absolute Gasteiger partial charge is 0.224 e. The highest BCUT2D eigenvalue weighted by molar-refractivity contribution is 5.95. The highest BCUT2D eigenvalue weighted by Crippen LogP contribution is 2.27. The van der Waals surface area contributed by atoms with E-state index in [-0.39, 0.29) is 5.91 Å². The van der Waals surface area contributed by atoms with Gasteiger partial charge in [-0.3, -0.25) is 4.79 Å². The van der Waals surface area contributed by atoms with Crippen LogP contribution in [0.1, 0.15) is 24.8 Å². The maximum Gasteiger partial charge on any atom is 0.224 e. The van der Waals surface area contributed by atoms with Gasteiger partial charge in [-0.05, 0) is 55.3 Å². The lowest BCUT2D eigenvalue weighted by Crippen LogP contribution is -2.12. The van der Waals surface area contributed by atoms with Crippen LogP contribution in [0, 0.1) is 11.3 Å². The van der Waals surface area contributed by atoms with Crippen LogP contribution >= 0.6 is 0 Å². The molecule has 0 atom stereocenters. The van der Waals surface area contributed by atoms with Gasteiger partial charge in [-0.25, -0.2) is 4.98 Å². The predicted molar refractivity (Wildman–Crippen MR) is 121 cm³/mol. The van der Waals surface area contributed by atoms with Gasteiger partial charge in [-0.1, -0.05) is 30.3 Å². The van der Waals surface area contributed by atoms with E-state index in [1.54, 1.807) is 18.2 Å². The van der Waals surface area contributed by atoms with Crippen LogP contribution < -0.4 is 10.1 Å². The van der Waals surface area contributed by atoms with Crippen molar-refractivity contribution in [2.24, 2.45) is 0 Å². The first-order chi connectivity index (χ1) is 15.2. The molecule has 0 unspecified atom stereocenters. The molecule has 0 saturated heterocycles. The van der Waals surface area contributed by atoms with Gasteiger partial charge in [0.05, 0.1) is 35.0 Å². The third kappa shape index (κ3) is 5.09. The summed E-state index contributed by atoms with van der Waals surface area (Å²) in [6.45, 7) is 0.498. The zero-order chi connectivity index (χ0) is 21.5. The van der Waals surface area contributed by atoms with Gasteiger partial charge in [-0.15, -0.1) is 0 Å². The van der Waals surface area contributed by atoms with E-state index in [0.29, 0.717) is 30.8 Å². The molecule has 4 aromatic rings. The molecule has 31 heavy (non-hydrogen) atoms. The number of H-pyrrole nitrogens is 1. The number of rotatable bonds is 8. The number of ether oxygens (including phenoxy) is 1. The molecule has 6 nitrogen and oxygen atoms in total. The number of nitrogens with zero attached hydrogens (tertiary/aromatic N) is 2. The summed E-state index contributed by atoms with van der Waals surface area (Å²) in [5.74, 6) is 1.35. The molecule has 0 aliphatic carbocycles. The number of nitrogens with one attached hydrogen (secondary N) is 2. The number of fused-ring (bicyclic) bond motifs is 1. The molecule has 6 heteroatoms. The number of hydrogen-bond donors (Lipinski definition) is 2. The Bertz CT molecular complexity index is 1210. The Balaban J connectivity index is 1.30. The van der Waals surface area contributed by atoms with Crippen LogP contribution in [0.3, 0.4) is 0 Å². The van der Waals surface area contributed by atoms with E-state index in [4.69, 9.17) is 10.00 Å². The Kier molecular flexibility index (Phi) is 6.24. The molecule has 0 saturated carbocycles. The van der Waals surface area contributed by atoms with E-state index >= 15 is 0 Å². The molecule has 154 valence electrons. The normalized spacial score (nSPS) is 10.5. The van der Waals surface area contributed by atoms with Gasteiger partial charge < -0.3 is 15.0 Å². The number of aromatic amines is 1. The van der Waals surface area contributed by atoms with Crippen LogP contribution in [0.25, 0.3) is 22.4 Å². The summed E-state index contributed by atoms with van der Waals surface area (Å²) in [6, 6.07) is 24.6. The molecular weight excluding hydrogens is 388 g/mol. The minimum absolute atomic E-state index is 0.0463. The summed E-state index contributed by atoms with van der Waals surface area (Å²) in [4.78, 5) is 20.4. The second kappa shape index (κ2) is 9.59. The fourth-order valence-electron chi connectivity index (χ4n) is 3.32. The second-order valence-corrected chi connectivity index (χ2v) is 7.14. The molecule has 3 aromatic carbocycles. The quantitative estimate of drug-likeness (QED) is 0.386. The zero-order valence-electron chi connectivity index (χ0n) is 17.0. The van der Waals surface area contributed by atoms with E-state index in [1.807, 2.05) is 54.6 Å². The lowest BCUT2D eigenvalue weighted by Gasteiger charge is -2.10. The number of amides is 1. The lowest BCUT2D eigenvalue weighted by atomic mass is 10.1. The number of imidazole rings is 1. The summed E-state index contributed by atoms with van der Waals surface area (Å²) in [5.41, 5.74) is 4.00. The first kappa shape index (κ1) is 20.2. The second-order valence-electron chi connectivity index (χ2n) is 7.14. The Hall–Kier alpha value is -4.11. The van der Waals surface area contributed by atoms with Crippen LogP contribution in [-0.4, -0.2) is 22.5 Å². The Morgan fingerprint density at radius 1 is 1.03 bits per heavy atom. The molecular formula is C25H22N4O2. The number of unbranched alkanes of at least 4 members (excludes halogenated alkanes) is 1. The van der Waals surface area contributed by atoms with Gasteiger partial charge in [-0.2, -0.15) is 5.26 Å². The number of carbonyl (C=O) groups excluding carboxylic acids is 1. The van der Waals surface area contributed by atoms with Crippen molar-refractivity contribution in [3.63, 3.8) is 0 Å². The number of hydrogen-bond acceptors (Lipinski definition) is 4. The Morgan fingerprint density at radius 2 is 1.87 bits per heavy atom. The summed E-state index contributed by atoms with van der Waals surface area (Å²) in [5, 5.41) is 11.9. The van der Waals surface area contributed by atoms with Crippen molar-refractivity contribution in [3.05, 3.63) is 78.4 Å². The third-order valence-corrected chi connectivity index (χ3v) is 4.88. The van der Waals surface area contributed by atoms with E-state index in [1.165, 1.54) is 0 Å². The van der Waals surface area contributed by atoms with Gasteiger partial charge in [0.25, 0.3) is 0 Å². The maximum atomic E-state index is 12.5. The fourth-order valence-corrected chi connectivity index (χ4v) is 3.32. The van der Waals surface area contributed by atoms with Crippen LogP contribution in [0.15, 0.2) is 72.8 Å². The number of nitriles is 1. The van der Waals surface area contributed by atoms with Crippen LogP contribution in [-0.2, 0) is 4.79 Å². The first-order valence-electron chi connectivity index (χ1n) is 10.2. The highest BCUT2D eigenvalue weighted by atomic mass is 16.5. The molecule has 0 fully saturated rings. The van der Waals surface area contributed by atoms with Crippen molar-refractivity contribution >= 4 is 22.6 Å². The van der Waals surface area contributed by atoms with E-state index in [0.717, 1.165) is 34.5 Å². The highest BCUT2D eigenvalue weighted by Gasteiger charge is 2.11. The molecule has 0 aliphatic heterocycles. The van der Waals surface area contributed by atoms with Gasteiger partial charge in [0.2, 0.25) is 5.91 Å². The summed E-state index contributed by atoms with van der Waals surface area (Å²) in [7, 11) is 0. The van der Waals surface area contributed by atoms with Crippen molar-refractivity contribution in [3.8, 4) is 23.2 Å². The van der Waals surface area contributed by atoms with Crippen molar-refractivity contribution < 1.29 is 9.53 Å². The summed E-state index contributed by atoms with van der Waals surface area (Å²) >= 11 is 0. The topological polar surface area (TPSA) is 90.8 Å². The van der Waals surface area contributed by atoms with Crippen LogP contribution in [0.2, 0.25) is 0 Å². The molecule has 1 amide bonds. The number of para-hydroxylation sites is 3. The third-order valence-electron chi connectivity index (χ3n) is 4.88. The minimum Gasteiger partial charge on any atom is -0.494 e. The van der Waals surface area contributed by atoms with Crippen molar-refractivity contribution in [1.82, 2.24) is 9.97 Å². The number of anilines is 1. The van der Waals surface area contributed by atoms with Gasteiger partial charge >= 0.3 is 0 Å². The van der Waals surface area contributed by atoms with E-state index < -0.39 is 0 Å². The molecule has 0 aliphatic rings. The molecule has 0 bridgehead atoms. The standard InChI is InChI=1S/C25H22N4O2/c26-17-18-8-7-9-19(16-18)31-15-6-5-14-24(30)27-21-11-2-1-10-20(21)25-28-22-12-3-4-13-23(22)29-25/h1-4,7-13,16H,5-6,14-15H2,(H,27,30)(H,28,29). The van der Waals surface area contributed by atoms with Gasteiger partial charge in [0.15, 0.2) is 0 Å². The number of benzene rings is 3. The number of aromatic nitrogens is 2. The first-order valence-corrected chi connectivity index (χ1v) is 10.2. The lowest BCUT2D eigenvalue weighted by molar-refractivity contribution is -0.116. The van der Waals surface area contributed by atoms with Crippen LogP contribution in [0.4, 0.5) is 5.69 Å². The Morgan fingerprint density at radius 3 is 2.74 bits per heavy atom. The maximum absolute atomic E-state index is 12.5. The monoisotopic (exact) mass is 410 g/mol. The molecule has 0 spiro atoms. The number of carbonyl (C=O) groups is 1. The summed E-state index contributed by atoms with van der Waals surface area (Å²) in [6.07, 6.45) is 1.85. The van der Waals surface area contributed by atoms with Crippen LogP contribution in [0.5, 0.6) is 5.75 Å². The largest absolute Gasteiger partial charge is 0.494 e. The van der Waals surface area contributed by atoms with Crippen molar-refractivity contribution in [2.45, 2.75) is 19.3 Å². The average molecular weight is 410 g/mol. The summed E-state index contributed by atoms with van der Waals surface area (Å²) < 4.78 is 5.66. The minimum atomic E-state index is -0.0463. The van der Waals surface area contributed by atoms with Crippen molar-refractivity contribution in [1.29, 1.82) is 5.26 Å². The molecule has 1 aromatic heterocycles. The van der Waals surface area contributed by atoms with E-state index in [9.17, 15) is 4.79 Å². The molecule has 4 rings (SSSR count). The molecule has 1 heterocycles. The van der Waals surface area contributed by atoms with Crippen molar-refractivity contribution in [2.75, 3.05) is 11.9 Å². The zero-order valence-corrected chi connectivity index (χ0v) is 17.0. The Labute approximate surface area is 180 Å². The van der Waals surface area contributed by atoms with Gasteiger partial charge in [0.1, 0.15) is 11.6 Å².